The molecule has 2 aliphatic rings. The van der Waals surface area contributed by atoms with Crippen LogP contribution in [0.3, 0.4) is 0 Å². The molecule has 0 radical (unpaired) electrons. The van der Waals surface area contributed by atoms with E-state index in [0.29, 0.717) is 6.54 Å². The fourth-order valence-corrected chi connectivity index (χ4v) is 3.87. The highest BCUT2D eigenvalue weighted by atomic mass is 16.2. The van der Waals surface area contributed by atoms with Gasteiger partial charge in [0.15, 0.2) is 0 Å². The molecule has 21 heavy (non-hydrogen) atoms. The van der Waals surface area contributed by atoms with E-state index in [0.717, 1.165) is 12.8 Å². The van der Waals surface area contributed by atoms with E-state index in [1.807, 2.05) is 18.7 Å². The Morgan fingerprint density at radius 2 is 1.71 bits per heavy atom. The number of rotatable bonds is 3. The molecule has 4 nitrogen and oxygen atoms in total. The van der Waals surface area contributed by atoms with Crippen molar-refractivity contribution in [2.75, 3.05) is 6.54 Å². The quantitative estimate of drug-likeness (QED) is 0.870. The molecule has 2 amide bonds. The standard InChI is InChI=1S/C17H30N2O2/c1-12(2)13-14(20)18-16(3,4)15(21)19(13)11-17(5)9-7-6-8-10-17/h12-13H,6-11H2,1-5H3,(H,18,20). The first kappa shape index (κ1) is 16.3. The summed E-state index contributed by atoms with van der Waals surface area (Å²) in [6, 6.07) is -0.329. The number of piperazine rings is 1. The van der Waals surface area contributed by atoms with Gasteiger partial charge in [-0.15, -0.1) is 0 Å². The van der Waals surface area contributed by atoms with Crippen molar-refractivity contribution >= 4 is 11.8 Å². The van der Waals surface area contributed by atoms with Gasteiger partial charge in [-0.2, -0.15) is 0 Å². The van der Waals surface area contributed by atoms with Crippen molar-refractivity contribution in [3.63, 3.8) is 0 Å². The molecule has 0 aromatic heterocycles. The fraction of sp³-hybridized carbons (Fsp3) is 0.882. The van der Waals surface area contributed by atoms with E-state index in [1.54, 1.807) is 13.8 Å². The van der Waals surface area contributed by atoms with Crippen molar-refractivity contribution in [3.8, 4) is 0 Å². The topological polar surface area (TPSA) is 49.4 Å². The van der Waals surface area contributed by atoms with Crippen LogP contribution in [0.2, 0.25) is 0 Å². The Bertz CT molecular complexity index is 423. The second-order valence-corrected chi connectivity index (χ2v) is 8.11. The summed E-state index contributed by atoms with van der Waals surface area (Å²) < 4.78 is 0. The van der Waals surface area contributed by atoms with Crippen molar-refractivity contribution in [2.45, 2.75) is 78.3 Å². The smallest absolute Gasteiger partial charge is 0.248 e. The molecule has 120 valence electrons. The monoisotopic (exact) mass is 294 g/mol. The Hall–Kier alpha value is -1.06. The number of nitrogens with one attached hydrogen (secondary N) is 1. The van der Waals surface area contributed by atoms with Crippen LogP contribution in [0.25, 0.3) is 0 Å². The zero-order chi connectivity index (χ0) is 15.8. The van der Waals surface area contributed by atoms with E-state index in [-0.39, 0.29) is 29.2 Å². The molecular weight excluding hydrogens is 264 g/mol. The van der Waals surface area contributed by atoms with Gasteiger partial charge < -0.3 is 10.2 Å². The Kier molecular flexibility index (Phi) is 4.36. The maximum Gasteiger partial charge on any atom is 0.248 e. The third-order valence-electron chi connectivity index (χ3n) is 5.08. The molecule has 4 heteroatoms. The second-order valence-electron chi connectivity index (χ2n) is 8.11. The van der Waals surface area contributed by atoms with Gasteiger partial charge in [0.2, 0.25) is 11.8 Å². The minimum atomic E-state index is -0.784. The van der Waals surface area contributed by atoms with E-state index in [1.165, 1.54) is 19.3 Å². The highest BCUT2D eigenvalue weighted by Gasteiger charge is 2.48. The fourth-order valence-electron chi connectivity index (χ4n) is 3.87. The minimum absolute atomic E-state index is 0.00555. The molecule has 0 aromatic rings. The average Bonchev–Trinajstić information content (AvgIpc) is 2.35. The number of hydrogen-bond donors (Lipinski definition) is 1. The van der Waals surface area contributed by atoms with E-state index in [2.05, 4.69) is 12.2 Å². The molecule has 1 aliphatic heterocycles. The van der Waals surface area contributed by atoms with Crippen molar-refractivity contribution < 1.29 is 9.59 Å². The third kappa shape index (κ3) is 3.24. The lowest BCUT2D eigenvalue weighted by Crippen LogP contribution is -2.70. The lowest BCUT2D eigenvalue weighted by atomic mass is 9.74. The van der Waals surface area contributed by atoms with E-state index in [9.17, 15) is 9.59 Å². The van der Waals surface area contributed by atoms with Crippen LogP contribution in [-0.2, 0) is 9.59 Å². The van der Waals surface area contributed by atoms with Crippen LogP contribution in [0.1, 0.15) is 66.7 Å². The SMILES string of the molecule is CC(C)C1C(=O)NC(C)(C)C(=O)N1CC1(C)CCCCC1. The average molecular weight is 294 g/mol. The molecular formula is C17H30N2O2. The number of nitrogens with zero attached hydrogens (tertiary/aromatic N) is 1. The number of carbonyl (C=O) groups excluding carboxylic acids is 2. The van der Waals surface area contributed by atoms with Gasteiger partial charge in [0.1, 0.15) is 11.6 Å². The van der Waals surface area contributed by atoms with Crippen molar-refractivity contribution in [3.05, 3.63) is 0 Å². The maximum absolute atomic E-state index is 12.8. The highest BCUT2D eigenvalue weighted by molar-refractivity contribution is 5.99. The molecule has 1 heterocycles. The number of amides is 2. The molecule has 1 saturated heterocycles. The van der Waals surface area contributed by atoms with Crippen LogP contribution in [0.15, 0.2) is 0 Å². The molecule has 1 unspecified atom stereocenters. The van der Waals surface area contributed by atoms with Gasteiger partial charge in [-0.05, 0) is 38.0 Å². The second kappa shape index (κ2) is 5.62. The molecule has 1 atom stereocenters. The summed E-state index contributed by atoms with van der Waals surface area (Å²) in [5.74, 6) is 0.193. The zero-order valence-corrected chi connectivity index (χ0v) is 14.2. The number of hydrogen-bond acceptors (Lipinski definition) is 2. The minimum Gasteiger partial charge on any atom is -0.340 e. The van der Waals surface area contributed by atoms with Gasteiger partial charge in [-0.3, -0.25) is 9.59 Å². The maximum atomic E-state index is 12.8. The van der Waals surface area contributed by atoms with E-state index < -0.39 is 5.54 Å². The zero-order valence-electron chi connectivity index (χ0n) is 14.2. The van der Waals surface area contributed by atoms with Crippen LogP contribution in [-0.4, -0.2) is 34.8 Å². The summed E-state index contributed by atoms with van der Waals surface area (Å²) in [4.78, 5) is 27.2. The molecule has 2 fully saturated rings. The predicted octanol–water partition coefficient (Wildman–Crippen LogP) is 2.72. The van der Waals surface area contributed by atoms with E-state index in [4.69, 9.17) is 0 Å². The van der Waals surface area contributed by atoms with E-state index >= 15 is 0 Å². The molecule has 1 N–H and O–H groups in total. The van der Waals surface area contributed by atoms with Crippen molar-refractivity contribution in [2.24, 2.45) is 11.3 Å². The van der Waals surface area contributed by atoms with Crippen LogP contribution >= 0.6 is 0 Å². The predicted molar refractivity (Wildman–Crippen MR) is 83.8 cm³/mol. The Balaban J connectivity index is 2.26. The Morgan fingerprint density at radius 1 is 1.14 bits per heavy atom. The Labute approximate surface area is 128 Å². The van der Waals surface area contributed by atoms with Crippen LogP contribution in [0.4, 0.5) is 0 Å². The van der Waals surface area contributed by atoms with Crippen molar-refractivity contribution in [1.29, 1.82) is 0 Å². The van der Waals surface area contributed by atoms with Crippen molar-refractivity contribution in [1.82, 2.24) is 10.2 Å². The van der Waals surface area contributed by atoms with Gasteiger partial charge in [0.05, 0.1) is 0 Å². The Morgan fingerprint density at radius 3 is 2.24 bits per heavy atom. The summed E-state index contributed by atoms with van der Waals surface area (Å²) in [7, 11) is 0. The number of carbonyl (C=O) groups is 2. The van der Waals surface area contributed by atoms with Crippen LogP contribution in [0, 0.1) is 11.3 Å². The van der Waals surface area contributed by atoms with Gasteiger partial charge in [0, 0.05) is 6.54 Å². The summed E-state index contributed by atoms with van der Waals surface area (Å²) in [6.07, 6.45) is 6.08. The third-order valence-corrected chi connectivity index (χ3v) is 5.08. The van der Waals surface area contributed by atoms with Crippen LogP contribution < -0.4 is 5.32 Å². The molecule has 0 spiro atoms. The van der Waals surface area contributed by atoms with Gasteiger partial charge in [0.25, 0.3) is 0 Å². The normalized spacial score (nSPS) is 28.7. The highest BCUT2D eigenvalue weighted by Crippen LogP contribution is 2.38. The molecule has 0 bridgehead atoms. The molecule has 1 saturated carbocycles. The largest absolute Gasteiger partial charge is 0.340 e. The molecule has 2 rings (SSSR count). The summed E-state index contributed by atoms with van der Waals surface area (Å²) in [5, 5.41) is 2.89. The lowest BCUT2D eigenvalue weighted by molar-refractivity contribution is -0.157. The first-order valence-electron chi connectivity index (χ1n) is 8.29. The first-order chi connectivity index (χ1) is 9.66. The van der Waals surface area contributed by atoms with Gasteiger partial charge >= 0.3 is 0 Å². The molecule has 1 aliphatic carbocycles. The summed E-state index contributed by atoms with van der Waals surface area (Å²) >= 11 is 0. The first-order valence-corrected chi connectivity index (χ1v) is 8.29. The molecule has 0 aromatic carbocycles. The summed E-state index contributed by atoms with van der Waals surface area (Å²) in [5.41, 5.74) is -0.623. The van der Waals surface area contributed by atoms with Gasteiger partial charge in [-0.25, -0.2) is 0 Å². The van der Waals surface area contributed by atoms with Crippen LogP contribution in [0.5, 0.6) is 0 Å². The van der Waals surface area contributed by atoms with Gasteiger partial charge in [-0.1, -0.05) is 40.0 Å². The summed E-state index contributed by atoms with van der Waals surface area (Å²) in [6.45, 7) is 10.6. The lowest BCUT2D eigenvalue weighted by Gasteiger charge is -2.48.